The fourth-order valence-corrected chi connectivity index (χ4v) is 5.65. The fourth-order valence-electron chi connectivity index (χ4n) is 4.37. The maximum absolute atomic E-state index is 2.73. The molecule has 0 N–H and O–H groups in total. The van der Waals surface area contributed by atoms with Gasteiger partial charge < -0.3 is 0 Å². The molecule has 5 unspecified atom stereocenters. The Morgan fingerprint density at radius 1 is 1.25 bits per heavy atom. The average molecular weight is 276 g/mol. The third-order valence-corrected chi connectivity index (χ3v) is 5.98. The van der Waals surface area contributed by atoms with Gasteiger partial charge in [0.25, 0.3) is 0 Å². The highest BCUT2D eigenvalue weighted by molar-refractivity contribution is 14.1. The summed E-state index contributed by atoms with van der Waals surface area (Å²) in [5.41, 5.74) is 0. The summed E-state index contributed by atoms with van der Waals surface area (Å²) in [5, 5.41) is 0. The second-order valence-corrected chi connectivity index (χ2v) is 7.81. The number of hydrogen-bond acceptors (Lipinski definition) is 0. The van der Waals surface area contributed by atoms with Gasteiger partial charge in [0.15, 0.2) is 0 Å². The molecule has 3 aliphatic carbocycles. The van der Waals surface area contributed by atoms with Crippen molar-refractivity contribution in [2.24, 2.45) is 23.7 Å². The van der Waals surface area contributed by atoms with E-state index in [1.54, 1.807) is 19.3 Å². The maximum Gasteiger partial charge on any atom is 0.0228 e. The van der Waals surface area contributed by atoms with E-state index in [4.69, 9.17) is 0 Å². The minimum absolute atomic E-state index is 0.675. The molecule has 0 nitrogen and oxygen atoms in total. The van der Waals surface area contributed by atoms with Gasteiger partial charge in [0, 0.05) is 3.42 Å². The molecular formula is C11H17I. The van der Waals surface area contributed by atoms with Crippen LogP contribution in [0.1, 0.15) is 39.0 Å². The Morgan fingerprint density at radius 3 is 2.83 bits per heavy atom. The number of fused-ring (bicyclic) bond motifs is 5. The molecule has 5 atom stereocenters. The Morgan fingerprint density at radius 2 is 2.00 bits per heavy atom. The lowest BCUT2D eigenvalue weighted by Gasteiger charge is -2.36. The molecule has 0 spiro atoms. The summed E-state index contributed by atoms with van der Waals surface area (Å²) in [5.74, 6) is 4.53. The van der Waals surface area contributed by atoms with Crippen LogP contribution in [0.15, 0.2) is 0 Å². The van der Waals surface area contributed by atoms with E-state index >= 15 is 0 Å². The predicted octanol–water partition coefficient (Wildman–Crippen LogP) is 3.64. The summed E-state index contributed by atoms with van der Waals surface area (Å²) in [6.07, 6.45) is 7.77. The Balaban J connectivity index is 1.93. The van der Waals surface area contributed by atoms with Gasteiger partial charge in [-0.2, -0.15) is 0 Å². The molecule has 1 heteroatoms. The van der Waals surface area contributed by atoms with Gasteiger partial charge in [0.2, 0.25) is 0 Å². The lowest BCUT2D eigenvalue weighted by molar-refractivity contribution is 0.231. The largest absolute Gasteiger partial charge is 0.0788 e. The van der Waals surface area contributed by atoms with Crippen LogP contribution >= 0.6 is 22.6 Å². The first-order valence-electron chi connectivity index (χ1n) is 5.37. The highest BCUT2D eigenvalue weighted by Gasteiger charge is 2.57. The quantitative estimate of drug-likeness (QED) is 0.468. The summed E-state index contributed by atoms with van der Waals surface area (Å²) in [7, 11) is 0. The fraction of sp³-hybridized carbons (Fsp3) is 1.00. The van der Waals surface area contributed by atoms with Gasteiger partial charge in [-0.05, 0) is 49.4 Å². The maximum atomic E-state index is 2.73. The zero-order valence-corrected chi connectivity index (χ0v) is 9.88. The van der Waals surface area contributed by atoms with Crippen molar-refractivity contribution in [2.75, 3.05) is 0 Å². The first-order chi connectivity index (χ1) is 5.68. The zero-order valence-electron chi connectivity index (χ0n) is 7.72. The van der Waals surface area contributed by atoms with E-state index < -0.39 is 0 Å². The highest BCUT2D eigenvalue weighted by atomic mass is 127. The lowest BCUT2D eigenvalue weighted by Crippen LogP contribution is -2.33. The van der Waals surface area contributed by atoms with Crippen LogP contribution in [-0.4, -0.2) is 3.42 Å². The molecule has 0 radical (unpaired) electrons. The minimum atomic E-state index is 0.675. The molecule has 12 heavy (non-hydrogen) atoms. The third-order valence-electron chi connectivity index (χ3n) is 4.74. The molecule has 0 heterocycles. The minimum Gasteiger partial charge on any atom is -0.0788 e. The molecule has 3 saturated carbocycles. The number of alkyl halides is 1. The van der Waals surface area contributed by atoms with Crippen molar-refractivity contribution in [1.29, 1.82) is 0 Å². The monoisotopic (exact) mass is 276 g/mol. The Kier molecular flexibility index (Phi) is 1.61. The van der Waals surface area contributed by atoms with Crippen LogP contribution in [0.4, 0.5) is 0 Å². The van der Waals surface area contributed by atoms with Gasteiger partial charge in [0.1, 0.15) is 0 Å². The summed E-state index contributed by atoms with van der Waals surface area (Å²) in [4.78, 5) is 0. The molecule has 3 rings (SSSR count). The summed E-state index contributed by atoms with van der Waals surface area (Å²) >= 11 is 2.73. The van der Waals surface area contributed by atoms with Gasteiger partial charge in [-0.3, -0.25) is 0 Å². The van der Waals surface area contributed by atoms with Crippen molar-refractivity contribution < 1.29 is 0 Å². The van der Waals surface area contributed by atoms with E-state index in [2.05, 4.69) is 29.5 Å². The van der Waals surface area contributed by atoms with Crippen LogP contribution in [-0.2, 0) is 0 Å². The van der Waals surface area contributed by atoms with E-state index in [9.17, 15) is 0 Å². The molecule has 0 aromatic rings. The Labute approximate surface area is 88.6 Å². The molecule has 0 aromatic carbocycles. The summed E-state index contributed by atoms with van der Waals surface area (Å²) in [6.45, 7) is 2.49. The van der Waals surface area contributed by atoms with Crippen LogP contribution in [0.2, 0.25) is 0 Å². The first kappa shape index (κ1) is 8.07. The van der Waals surface area contributed by atoms with E-state index in [0.717, 1.165) is 23.7 Å². The highest BCUT2D eigenvalue weighted by Crippen LogP contribution is 2.64. The van der Waals surface area contributed by atoms with Crippen LogP contribution in [0.5, 0.6) is 0 Å². The molecule has 0 aromatic heterocycles. The Hall–Kier alpha value is 0.730. The van der Waals surface area contributed by atoms with E-state index in [-0.39, 0.29) is 0 Å². The topological polar surface area (TPSA) is 0 Å². The summed E-state index contributed by atoms with van der Waals surface area (Å²) in [6, 6.07) is 0. The third kappa shape index (κ3) is 0.893. The number of halogens is 1. The number of hydrogen-bond donors (Lipinski definition) is 0. The lowest BCUT2D eigenvalue weighted by atomic mass is 9.76. The zero-order chi connectivity index (χ0) is 8.34. The van der Waals surface area contributed by atoms with Crippen LogP contribution in [0.3, 0.4) is 0 Å². The van der Waals surface area contributed by atoms with Gasteiger partial charge >= 0.3 is 0 Å². The van der Waals surface area contributed by atoms with E-state index in [1.807, 2.05) is 0 Å². The Bertz CT molecular complexity index is 209. The van der Waals surface area contributed by atoms with Crippen molar-refractivity contribution >= 4 is 22.6 Å². The molecule has 0 amide bonds. The van der Waals surface area contributed by atoms with Gasteiger partial charge in [-0.25, -0.2) is 0 Å². The van der Waals surface area contributed by atoms with Crippen molar-refractivity contribution in [2.45, 2.75) is 42.4 Å². The second kappa shape index (κ2) is 2.40. The van der Waals surface area contributed by atoms with Crippen LogP contribution in [0, 0.1) is 23.7 Å². The molecule has 2 bridgehead atoms. The van der Waals surface area contributed by atoms with Crippen molar-refractivity contribution in [3.63, 3.8) is 0 Å². The molecule has 0 aliphatic heterocycles. The van der Waals surface area contributed by atoms with Crippen molar-refractivity contribution in [1.82, 2.24) is 0 Å². The molecule has 68 valence electrons. The molecule has 3 aliphatic rings. The van der Waals surface area contributed by atoms with Gasteiger partial charge in [0.05, 0.1) is 0 Å². The van der Waals surface area contributed by atoms with Crippen LogP contribution < -0.4 is 0 Å². The smallest absolute Gasteiger partial charge is 0.0228 e. The first-order valence-corrected chi connectivity index (χ1v) is 6.45. The van der Waals surface area contributed by atoms with Gasteiger partial charge in [-0.15, -0.1) is 0 Å². The standard InChI is InChI=1S/C11H17I/c1-11(12)6-7-5-10(11)9-4-2-3-8(7)9/h7-10H,2-6H2,1H3. The predicted molar refractivity (Wildman–Crippen MR) is 59.5 cm³/mol. The van der Waals surface area contributed by atoms with E-state index in [0.29, 0.717) is 3.42 Å². The van der Waals surface area contributed by atoms with Crippen LogP contribution in [0.25, 0.3) is 0 Å². The van der Waals surface area contributed by atoms with E-state index in [1.165, 1.54) is 12.8 Å². The van der Waals surface area contributed by atoms with Gasteiger partial charge in [-0.1, -0.05) is 35.9 Å². The second-order valence-electron chi connectivity index (χ2n) is 5.34. The van der Waals surface area contributed by atoms with Crippen molar-refractivity contribution in [3.8, 4) is 0 Å². The SMILES string of the molecule is CC1(I)CC2CC1C1CCCC21. The molecule has 3 fully saturated rings. The van der Waals surface area contributed by atoms with Crippen molar-refractivity contribution in [3.05, 3.63) is 0 Å². The normalized spacial score (nSPS) is 62.5. The molecular weight excluding hydrogens is 259 g/mol. The average Bonchev–Trinajstić information content (AvgIpc) is 2.53. The molecule has 0 saturated heterocycles. The summed E-state index contributed by atoms with van der Waals surface area (Å²) < 4.78 is 0.675. The number of rotatable bonds is 0.